The second-order valence-corrected chi connectivity index (χ2v) is 7.97. The number of aryl methyl sites for hydroxylation is 1. The Kier molecular flexibility index (Phi) is 8.79. The van der Waals surface area contributed by atoms with E-state index in [4.69, 9.17) is 14.5 Å². The Morgan fingerprint density at radius 2 is 1.88 bits per heavy atom. The van der Waals surface area contributed by atoms with Gasteiger partial charge in [0.05, 0.1) is 26.5 Å². The molecule has 1 aliphatic rings. The van der Waals surface area contributed by atoms with Crippen LogP contribution in [0, 0.1) is 6.92 Å². The number of piperazine rings is 1. The molecular weight excluding hydrogens is 531 g/mol. The van der Waals surface area contributed by atoms with Gasteiger partial charge in [-0.25, -0.2) is 4.98 Å². The van der Waals surface area contributed by atoms with Crippen LogP contribution in [0.5, 0.6) is 11.5 Å². The molecule has 0 amide bonds. The van der Waals surface area contributed by atoms with Crippen molar-refractivity contribution in [3.05, 3.63) is 59.5 Å². The maximum Gasteiger partial charge on any atom is 0.194 e. The molecule has 1 aromatic carbocycles. The summed E-state index contributed by atoms with van der Waals surface area (Å²) in [5, 5.41) is 3.48. The van der Waals surface area contributed by atoms with Crippen LogP contribution in [-0.2, 0) is 13.1 Å². The zero-order chi connectivity index (χ0) is 22.5. The number of aliphatic imine (C=N–C) groups is 1. The molecule has 33 heavy (non-hydrogen) atoms. The molecule has 1 saturated heterocycles. The first-order chi connectivity index (χ1) is 15.6. The third-order valence-corrected chi connectivity index (χ3v) is 5.94. The van der Waals surface area contributed by atoms with E-state index < -0.39 is 0 Å². The number of imidazole rings is 1. The zero-order valence-electron chi connectivity index (χ0n) is 19.7. The van der Waals surface area contributed by atoms with Crippen molar-refractivity contribution in [3.8, 4) is 11.5 Å². The maximum absolute atomic E-state index is 5.54. The Morgan fingerprint density at radius 1 is 1.09 bits per heavy atom. The van der Waals surface area contributed by atoms with Gasteiger partial charge in [0.25, 0.3) is 0 Å². The highest BCUT2D eigenvalue weighted by Crippen LogP contribution is 2.25. The second-order valence-electron chi connectivity index (χ2n) is 7.97. The molecule has 2 aromatic heterocycles. The molecule has 1 N–H and O–H groups in total. The summed E-state index contributed by atoms with van der Waals surface area (Å²) < 4.78 is 13.0. The molecule has 8 nitrogen and oxygen atoms in total. The van der Waals surface area contributed by atoms with E-state index in [-0.39, 0.29) is 24.0 Å². The number of hydrogen-bond donors (Lipinski definition) is 1. The molecule has 0 spiro atoms. The molecule has 9 heteroatoms. The first-order valence-electron chi connectivity index (χ1n) is 10.9. The highest BCUT2D eigenvalue weighted by atomic mass is 127. The maximum atomic E-state index is 5.54. The Balaban J connectivity index is 0.00000306. The van der Waals surface area contributed by atoms with Gasteiger partial charge < -0.3 is 24.1 Å². The summed E-state index contributed by atoms with van der Waals surface area (Å²) >= 11 is 0. The number of hydrogen-bond acceptors (Lipinski definition) is 5. The van der Waals surface area contributed by atoms with E-state index in [1.54, 1.807) is 14.2 Å². The molecule has 1 fully saturated rings. The van der Waals surface area contributed by atoms with E-state index in [9.17, 15) is 0 Å². The Bertz CT molecular complexity index is 1090. The number of aromatic nitrogens is 2. The Morgan fingerprint density at radius 3 is 2.55 bits per heavy atom. The molecule has 3 aromatic rings. The van der Waals surface area contributed by atoms with Crippen LogP contribution in [0.25, 0.3) is 5.65 Å². The summed E-state index contributed by atoms with van der Waals surface area (Å²) in [6.07, 6.45) is 2.09. The number of ether oxygens (including phenoxy) is 2. The van der Waals surface area contributed by atoms with Gasteiger partial charge in [0.2, 0.25) is 0 Å². The standard InChI is InChI=1S/C24H32N6O2.HI/c1-18-6-5-7-23-27-20(17-30(18)23)15-26-24(25-2)29-12-10-28(11-13-29)16-19-14-21(31-3)8-9-22(19)32-4;/h5-9,14,17H,10-13,15-16H2,1-4H3,(H,25,26);1H. The average molecular weight is 564 g/mol. The van der Waals surface area contributed by atoms with E-state index in [1.165, 1.54) is 5.69 Å². The molecule has 1 aliphatic heterocycles. The summed E-state index contributed by atoms with van der Waals surface area (Å²) in [5.74, 6) is 2.66. The summed E-state index contributed by atoms with van der Waals surface area (Å²) in [6.45, 7) is 7.30. The molecule has 4 rings (SSSR count). The topological polar surface area (TPSA) is 66.6 Å². The van der Waals surface area contributed by atoms with E-state index in [2.05, 4.69) is 49.8 Å². The van der Waals surface area contributed by atoms with Crippen molar-refractivity contribution in [2.75, 3.05) is 47.4 Å². The van der Waals surface area contributed by atoms with Crippen LogP contribution in [-0.4, -0.2) is 72.6 Å². The van der Waals surface area contributed by atoms with Crippen LogP contribution in [0.1, 0.15) is 17.0 Å². The fourth-order valence-electron chi connectivity index (χ4n) is 4.15. The number of nitrogens with zero attached hydrogens (tertiary/aromatic N) is 5. The largest absolute Gasteiger partial charge is 0.497 e. The molecule has 0 atom stereocenters. The number of rotatable bonds is 6. The number of methoxy groups -OCH3 is 2. The number of halogens is 1. The van der Waals surface area contributed by atoms with Gasteiger partial charge in [-0.2, -0.15) is 0 Å². The number of pyridine rings is 1. The lowest BCUT2D eigenvalue weighted by Gasteiger charge is -2.36. The van der Waals surface area contributed by atoms with Gasteiger partial charge in [0.15, 0.2) is 5.96 Å². The van der Waals surface area contributed by atoms with Gasteiger partial charge in [-0.15, -0.1) is 24.0 Å². The van der Waals surface area contributed by atoms with Crippen LogP contribution >= 0.6 is 24.0 Å². The molecule has 178 valence electrons. The first kappa shape index (κ1) is 25.1. The summed E-state index contributed by atoms with van der Waals surface area (Å²) in [6, 6.07) is 12.1. The van der Waals surface area contributed by atoms with Crippen molar-refractivity contribution in [3.63, 3.8) is 0 Å². The fourth-order valence-corrected chi connectivity index (χ4v) is 4.15. The monoisotopic (exact) mass is 564 g/mol. The highest BCUT2D eigenvalue weighted by molar-refractivity contribution is 14.0. The lowest BCUT2D eigenvalue weighted by Crippen LogP contribution is -2.52. The minimum atomic E-state index is 0. The quantitative estimate of drug-likeness (QED) is 0.282. The highest BCUT2D eigenvalue weighted by Gasteiger charge is 2.21. The van der Waals surface area contributed by atoms with E-state index >= 15 is 0 Å². The predicted octanol–water partition coefficient (Wildman–Crippen LogP) is 3.17. The van der Waals surface area contributed by atoms with Crippen LogP contribution in [0.2, 0.25) is 0 Å². The van der Waals surface area contributed by atoms with Gasteiger partial charge in [-0.3, -0.25) is 9.89 Å². The summed E-state index contributed by atoms with van der Waals surface area (Å²) in [4.78, 5) is 14.0. The van der Waals surface area contributed by atoms with Gasteiger partial charge in [0, 0.05) is 57.2 Å². The van der Waals surface area contributed by atoms with E-state index in [1.807, 2.05) is 31.3 Å². The third-order valence-electron chi connectivity index (χ3n) is 5.94. The molecule has 0 unspecified atom stereocenters. The van der Waals surface area contributed by atoms with Gasteiger partial charge in [0.1, 0.15) is 17.1 Å². The predicted molar refractivity (Wildman–Crippen MR) is 142 cm³/mol. The summed E-state index contributed by atoms with van der Waals surface area (Å²) in [7, 11) is 5.24. The Hall–Kier alpha value is -2.53. The van der Waals surface area contributed by atoms with Crippen molar-refractivity contribution >= 4 is 35.6 Å². The smallest absolute Gasteiger partial charge is 0.194 e. The molecule has 0 radical (unpaired) electrons. The minimum absolute atomic E-state index is 0. The molecular formula is C24H33IN6O2. The van der Waals surface area contributed by atoms with Crippen molar-refractivity contribution in [1.82, 2.24) is 24.5 Å². The lowest BCUT2D eigenvalue weighted by molar-refractivity contribution is 0.171. The number of benzene rings is 1. The fraction of sp³-hybridized carbons (Fsp3) is 0.417. The van der Waals surface area contributed by atoms with E-state index in [0.717, 1.165) is 67.1 Å². The van der Waals surface area contributed by atoms with E-state index in [0.29, 0.717) is 6.54 Å². The SMILES string of the molecule is CN=C(NCc1cn2c(C)cccc2n1)N1CCN(Cc2cc(OC)ccc2OC)CC1.I. The van der Waals surface area contributed by atoms with Gasteiger partial charge >= 0.3 is 0 Å². The van der Waals surface area contributed by atoms with Crippen molar-refractivity contribution < 1.29 is 9.47 Å². The van der Waals surface area contributed by atoms with Crippen molar-refractivity contribution in [1.29, 1.82) is 0 Å². The average Bonchev–Trinajstić information content (AvgIpc) is 3.25. The van der Waals surface area contributed by atoms with Crippen molar-refractivity contribution in [2.45, 2.75) is 20.0 Å². The summed E-state index contributed by atoms with van der Waals surface area (Å²) in [5.41, 5.74) is 4.29. The third kappa shape index (κ3) is 5.89. The lowest BCUT2D eigenvalue weighted by atomic mass is 10.1. The molecule has 3 heterocycles. The van der Waals surface area contributed by atoms with Crippen LogP contribution in [0.4, 0.5) is 0 Å². The number of nitrogens with one attached hydrogen (secondary N) is 1. The number of fused-ring (bicyclic) bond motifs is 1. The van der Waals surface area contributed by atoms with Crippen LogP contribution in [0.15, 0.2) is 47.6 Å². The van der Waals surface area contributed by atoms with Crippen molar-refractivity contribution in [2.24, 2.45) is 4.99 Å². The van der Waals surface area contributed by atoms with Crippen LogP contribution < -0.4 is 14.8 Å². The molecule has 0 saturated carbocycles. The molecule has 0 aliphatic carbocycles. The van der Waals surface area contributed by atoms with Gasteiger partial charge in [-0.05, 0) is 37.3 Å². The second kappa shape index (κ2) is 11.6. The minimum Gasteiger partial charge on any atom is -0.497 e. The first-order valence-corrected chi connectivity index (χ1v) is 10.9. The number of guanidine groups is 1. The molecule has 0 bridgehead atoms. The normalized spacial score (nSPS) is 14.8. The Labute approximate surface area is 212 Å². The zero-order valence-corrected chi connectivity index (χ0v) is 22.1. The van der Waals surface area contributed by atoms with Gasteiger partial charge in [-0.1, -0.05) is 6.07 Å². The van der Waals surface area contributed by atoms with Crippen LogP contribution in [0.3, 0.4) is 0 Å².